The summed E-state index contributed by atoms with van der Waals surface area (Å²) in [7, 11) is 0. The van der Waals surface area contributed by atoms with Gasteiger partial charge >= 0.3 is 0 Å². The standard InChI is InChI=1S/C12H27N/c1-10(8-13)7-12(5,6)9-11(2,3)4/h10H,7-9,13H2,1-6H3. The highest BCUT2D eigenvalue weighted by molar-refractivity contribution is 4.78. The average Bonchev–Trinajstić information content (AvgIpc) is 1.80. The molecule has 0 bridgehead atoms. The highest BCUT2D eigenvalue weighted by atomic mass is 14.5. The second kappa shape index (κ2) is 4.45. The molecule has 0 aromatic rings. The number of rotatable bonds is 4. The van der Waals surface area contributed by atoms with Gasteiger partial charge in [-0.3, -0.25) is 0 Å². The summed E-state index contributed by atoms with van der Waals surface area (Å²) >= 11 is 0. The molecule has 0 aliphatic rings. The van der Waals surface area contributed by atoms with E-state index in [4.69, 9.17) is 5.73 Å². The third kappa shape index (κ3) is 7.06. The van der Waals surface area contributed by atoms with Gasteiger partial charge in [-0.1, -0.05) is 41.5 Å². The van der Waals surface area contributed by atoms with Crippen LogP contribution in [-0.2, 0) is 0 Å². The molecule has 0 aliphatic carbocycles. The highest BCUT2D eigenvalue weighted by Crippen LogP contribution is 2.37. The Hall–Kier alpha value is -0.0400. The summed E-state index contributed by atoms with van der Waals surface area (Å²) in [4.78, 5) is 0. The summed E-state index contributed by atoms with van der Waals surface area (Å²) in [6, 6.07) is 0. The SMILES string of the molecule is CC(CN)CC(C)(C)CC(C)(C)C. The minimum atomic E-state index is 0.428. The molecule has 0 saturated carbocycles. The van der Waals surface area contributed by atoms with E-state index in [1.807, 2.05) is 0 Å². The third-order valence-corrected chi connectivity index (χ3v) is 2.31. The Kier molecular flexibility index (Phi) is 4.44. The first-order valence-electron chi connectivity index (χ1n) is 5.36. The minimum Gasteiger partial charge on any atom is -0.330 e. The van der Waals surface area contributed by atoms with Crippen molar-refractivity contribution in [1.29, 1.82) is 0 Å². The molecule has 0 fully saturated rings. The quantitative estimate of drug-likeness (QED) is 0.713. The van der Waals surface area contributed by atoms with Gasteiger partial charge in [-0.15, -0.1) is 0 Å². The molecule has 1 heteroatoms. The Labute approximate surface area is 84.1 Å². The fraction of sp³-hybridized carbons (Fsp3) is 1.00. The Morgan fingerprint density at radius 2 is 1.54 bits per heavy atom. The first-order valence-corrected chi connectivity index (χ1v) is 5.36. The van der Waals surface area contributed by atoms with Gasteiger partial charge in [0.25, 0.3) is 0 Å². The number of hydrogen-bond donors (Lipinski definition) is 1. The molecule has 0 heterocycles. The summed E-state index contributed by atoms with van der Waals surface area (Å²) in [6.45, 7) is 14.7. The van der Waals surface area contributed by atoms with Crippen molar-refractivity contribution in [3.63, 3.8) is 0 Å². The molecule has 0 radical (unpaired) electrons. The van der Waals surface area contributed by atoms with Crippen LogP contribution in [0.5, 0.6) is 0 Å². The topological polar surface area (TPSA) is 26.0 Å². The zero-order valence-electron chi connectivity index (χ0n) is 10.3. The third-order valence-electron chi connectivity index (χ3n) is 2.31. The van der Waals surface area contributed by atoms with Crippen LogP contribution in [-0.4, -0.2) is 6.54 Å². The van der Waals surface area contributed by atoms with Crippen LogP contribution in [0, 0.1) is 16.7 Å². The Bertz CT molecular complexity index is 142. The van der Waals surface area contributed by atoms with E-state index in [9.17, 15) is 0 Å². The number of nitrogens with two attached hydrogens (primary N) is 1. The largest absolute Gasteiger partial charge is 0.330 e. The molecular weight excluding hydrogens is 158 g/mol. The highest BCUT2D eigenvalue weighted by Gasteiger charge is 2.26. The van der Waals surface area contributed by atoms with Crippen LogP contribution in [0.2, 0.25) is 0 Å². The normalized spacial score (nSPS) is 15.9. The predicted octanol–water partition coefficient (Wildman–Crippen LogP) is 3.43. The van der Waals surface area contributed by atoms with E-state index in [1.165, 1.54) is 12.8 Å². The second-order valence-corrected chi connectivity index (χ2v) is 6.45. The molecule has 13 heavy (non-hydrogen) atoms. The lowest BCUT2D eigenvalue weighted by Gasteiger charge is -2.34. The van der Waals surface area contributed by atoms with E-state index < -0.39 is 0 Å². The van der Waals surface area contributed by atoms with Crippen molar-refractivity contribution >= 4 is 0 Å². The van der Waals surface area contributed by atoms with Crippen molar-refractivity contribution in [2.45, 2.75) is 54.4 Å². The van der Waals surface area contributed by atoms with Crippen LogP contribution in [0.15, 0.2) is 0 Å². The van der Waals surface area contributed by atoms with Gasteiger partial charge in [0.2, 0.25) is 0 Å². The molecule has 1 unspecified atom stereocenters. The van der Waals surface area contributed by atoms with E-state index in [0.717, 1.165) is 6.54 Å². The molecule has 0 aromatic heterocycles. The lowest BCUT2D eigenvalue weighted by molar-refractivity contribution is 0.176. The van der Waals surface area contributed by atoms with Gasteiger partial charge < -0.3 is 5.73 Å². The molecule has 1 nitrogen and oxygen atoms in total. The summed E-state index contributed by atoms with van der Waals surface area (Å²) < 4.78 is 0. The fourth-order valence-electron chi connectivity index (χ4n) is 2.53. The molecular formula is C12H27N. The van der Waals surface area contributed by atoms with Gasteiger partial charge in [0.1, 0.15) is 0 Å². The Morgan fingerprint density at radius 3 is 1.85 bits per heavy atom. The molecule has 0 spiro atoms. The van der Waals surface area contributed by atoms with Crippen LogP contribution in [0.1, 0.15) is 54.4 Å². The van der Waals surface area contributed by atoms with E-state index >= 15 is 0 Å². The van der Waals surface area contributed by atoms with Crippen molar-refractivity contribution in [1.82, 2.24) is 0 Å². The van der Waals surface area contributed by atoms with Gasteiger partial charge in [0.15, 0.2) is 0 Å². The molecule has 0 aliphatic heterocycles. The van der Waals surface area contributed by atoms with Gasteiger partial charge in [-0.2, -0.15) is 0 Å². The Balaban J connectivity index is 4.08. The smallest absolute Gasteiger partial charge is 0.00513 e. The maximum absolute atomic E-state index is 5.64. The fourth-order valence-corrected chi connectivity index (χ4v) is 2.53. The Morgan fingerprint density at radius 1 is 1.08 bits per heavy atom. The van der Waals surface area contributed by atoms with Crippen LogP contribution in [0.25, 0.3) is 0 Å². The van der Waals surface area contributed by atoms with Crippen LogP contribution in [0.3, 0.4) is 0 Å². The lowest BCUT2D eigenvalue weighted by Crippen LogP contribution is -2.25. The van der Waals surface area contributed by atoms with Crippen LogP contribution < -0.4 is 5.73 Å². The summed E-state index contributed by atoms with van der Waals surface area (Å²) in [5.41, 5.74) is 6.50. The minimum absolute atomic E-state index is 0.428. The predicted molar refractivity (Wildman–Crippen MR) is 60.7 cm³/mol. The van der Waals surface area contributed by atoms with Crippen molar-refractivity contribution < 1.29 is 0 Å². The lowest BCUT2D eigenvalue weighted by atomic mass is 9.72. The van der Waals surface area contributed by atoms with Crippen LogP contribution >= 0.6 is 0 Å². The molecule has 80 valence electrons. The summed E-state index contributed by atoms with van der Waals surface area (Å²) in [5.74, 6) is 0.650. The van der Waals surface area contributed by atoms with Gasteiger partial charge in [-0.05, 0) is 36.1 Å². The molecule has 0 aromatic carbocycles. The zero-order chi connectivity index (χ0) is 10.7. The summed E-state index contributed by atoms with van der Waals surface area (Å²) in [6.07, 6.45) is 2.51. The zero-order valence-corrected chi connectivity index (χ0v) is 10.3. The van der Waals surface area contributed by atoms with Gasteiger partial charge in [0.05, 0.1) is 0 Å². The van der Waals surface area contributed by atoms with Crippen molar-refractivity contribution in [2.75, 3.05) is 6.54 Å². The van der Waals surface area contributed by atoms with Crippen molar-refractivity contribution in [3.8, 4) is 0 Å². The van der Waals surface area contributed by atoms with Crippen molar-refractivity contribution in [3.05, 3.63) is 0 Å². The first-order chi connectivity index (χ1) is 5.66. The summed E-state index contributed by atoms with van der Waals surface area (Å²) in [5, 5.41) is 0. The van der Waals surface area contributed by atoms with Gasteiger partial charge in [-0.25, -0.2) is 0 Å². The van der Waals surface area contributed by atoms with E-state index in [2.05, 4.69) is 41.5 Å². The average molecular weight is 185 g/mol. The molecule has 2 N–H and O–H groups in total. The van der Waals surface area contributed by atoms with E-state index in [1.54, 1.807) is 0 Å². The first kappa shape index (κ1) is 13.0. The molecule has 0 amide bonds. The monoisotopic (exact) mass is 185 g/mol. The van der Waals surface area contributed by atoms with E-state index in [0.29, 0.717) is 16.7 Å². The molecule has 1 atom stereocenters. The maximum atomic E-state index is 5.64. The molecule has 0 saturated heterocycles. The van der Waals surface area contributed by atoms with Crippen molar-refractivity contribution in [2.24, 2.45) is 22.5 Å². The second-order valence-electron chi connectivity index (χ2n) is 6.45. The maximum Gasteiger partial charge on any atom is -0.00513 e. The number of hydrogen-bond acceptors (Lipinski definition) is 1. The molecule has 0 rings (SSSR count). The van der Waals surface area contributed by atoms with Gasteiger partial charge in [0, 0.05) is 0 Å². The van der Waals surface area contributed by atoms with E-state index in [-0.39, 0.29) is 0 Å². The van der Waals surface area contributed by atoms with Crippen LogP contribution in [0.4, 0.5) is 0 Å².